The monoisotopic (exact) mass is 537 g/mol. The Hall–Kier alpha value is -3.70. The van der Waals surface area contributed by atoms with E-state index in [0.29, 0.717) is 18.4 Å². The lowest BCUT2D eigenvalue weighted by Crippen LogP contribution is -2.52. The van der Waals surface area contributed by atoms with Crippen molar-refractivity contribution in [2.24, 2.45) is 5.92 Å². The third-order valence-electron chi connectivity index (χ3n) is 6.36. The Morgan fingerprint density at radius 3 is 2.61 bits per heavy atom. The molecule has 38 heavy (non-hydrogen) atoms. The molecule has 1 fully saturated rings. The summed E-state index contributed by atoms with van der Waals surface area (Å²) in [5, 5.41) is 6.22. The third-order valence-corrected chi connectivity index (χ3v) is 8.12. The minimum atomic E-state index is -3.94. The van der Waals surface area contributed by atoms with Crippen LogP contribution in [0.15, 0.2) is 66.0 Å². The highest BCUT2D eigenvalue weighted by atomic mass is 32.2. The Kier molecular flexibility index (Phi) is 8.48. The number of amides is 2. The molecule has 200 valence electrons. The number of ketones is 1. The smallest absolute Gasteiger partial charge is 0.260 e. The van der Waals surface area contributed by atoms with Gasteiger partial charge in [0.2, 0.25) is 5.91 Å². The molecular weight excluding hydrogens is 506 g/mol. The SMILES string of the molecule is CC(C)C[C@H](NC(=O)c1cnc2ccccc2c1)C(=O)NC1CCCN(S(=O)(=O)c2ccccn2)CC1=O. The predicted octanol–water partition coefficient (Wildman–Crippen LogP) is 2.31. The lowest BCUT2D eigenvalue weighted by molar-refractivity contribution is -0.129. The highest BCUT2D eigenvalue weighted by Gasteiger charge is 2.34. The number of pyridine rings is 2. The molecule has 1 aliphatic heterocycles. The van der Waals surface area contributed by atoms with Crippen LogP contribution in [-0.2, 0) is 19.6 Å². The second kappa shape index (κ2) is 11.8. The molecule has 11 heteroatoms. The van der Waals surface area contributed by atoms with Crippen LogP contribution >= 0.6 is 0 Å². The first-order valence-electron chi connectivity index (χ1n) is 12.5. The molecule has 2 amide bonds. The van der Waals surface area contributed by atoms with Crippen molar-refractivity contribution in [2.45, 2.75) is 50.2 Å². The minimum Gasteiger partial charge on any atom is -0.344 e. The van der Waals surface area contributed by atoms with Crippen molar-refractivity contribution < 1.29 is 22.8 Å². The van der Waals surface area contributed by atoms with Gasteiger partial charge in [0.05, 0.1) is 23.7 Å². The Labute approximate surface area is 221 Å². The van der Waals surface area contributed by atoms with Crippen molar-refractivity contribution in [3.63, 3.8) is 0 Å². The van der Waals surface area contributed by atoms with Crippen LogP contribution in [0.2, 0.25) is 0 Å². The zero-order chi connectivity index (χ0) is 27.3. The van der Waals surface area contributed by atoms with E-state index in [-0.39, 0.29) is 30.5 Å². The average molecular weight is 538 g/mol. The molecule has 3 heterocycles. The lowest BCUT2D eigenvalue weighted by Gasteiger charge is -2.23. The zero-order valence-corrected chi connectivity index (χ0v) is 22.1. The first kappa shape index (κ1) is 27.3. The molecule has 4 rings (SSSR count). The van der Waals surface area contributed by atoms with Gasteiger partial charge in [-0.05, 0) is 49.4 Å². The number of rotatable bonds is 8. The lowest BCUT2D eigenvalue weighted by atomic mass is 10.0. The highest BCUT2D eigenvalue weighted by molar-refractivity contribution is 7.89. The molecule has 0 bridgehead atoms. The van der Waals surface area contributed by atoms with Crippen LogP contribution in [0.1, 0.15) is 43.5 Å². The van der Waals surface area contributed by atoms with Crippen molar-refractivity contribution in [3.05, 3.63) is 66.5 Å². The molecule has 0 radical (unpaired) electrons. The van der Waals surface area contributed by atoms with Gasteiger partial charge >= 0.3 is 0 Å². The molecule has 1 saturated heterocycles. The van der Waals surface area contributed by atoms with E-state index in [1.54, 1.807) is 18.2 Å². The van der Waals surface area contributed by atoms with Crippen LogP contribution < -0.4 is 10.6 Å². The maximum Gasteiger partial charge on any atom is 0.260 e. The molecule has 1 aromatic carbocycles. The Morgan fingerprint density at radius 2 is 1.87 bits per heavy atom. The topological polar surface area (TPSA) is 138 Å². The Morgan fingerprint density at radius 1 is 1.11 bits per heavy atom. The number of nitrogens with one attached hydrogen (secondary N) is 2. The van der Waals surface area contributed by atoms with Gasteiger partial charge < -0.3 is 10.6 Å². The molecule has 2 atom stereocenters. The van der Waals surface area contributed by atoms with Crippen LogP contribution in [-0.4, -0.2) is 65.5 Å². The van der Waals surface area contributed by atoms with Gasteiger partial charge in [-0.15, -0.1) is 0 Å². The van der Waals surface area contributed by atoms with Crippen molar-refractivity contribution in [2.75, 3.05) is 13.1 Å². The van der Waals surface area contributed by atoms with E-state index in [4.69, 9.17) is 0 Å². The van der Waals surface area contributed by atoms with E-state index in [2.05, 4.69) is 20.6 Å². The van der Waals surface area contributed by atoms with Gasteiger partial charge in [-0.25, -0.2) is 13.4 Å². The van der Waals surface area contributed by atoms with Gasteiger partial charge in [0.25, 0.3) is 15.9 Å². The van der Waals surface area contributed by atoms with Crippen molar-refractivity contribution in [1.29, 1.82) is 0 Å². The van der Waals surface area contributed by atoms with E-state index < -0.39 is 39.7 Å². The summed E-state index contributed by atoms with van der Waals surface area (Å²) in [7, 11) is -3.94. The van der Waals surface area contributed by atoms with Crippen LogP contribution in [0.3, 0.4) is 0 Å². The maximum absolute atomic E-state index is 13.2. The van der Waals surface area contributed by atoms with Gasteiger partial charge in [0.1, 0.15) is 6.04 Å². The summed E-state index contributed by atoms with van der Waals surface area (Å²) in [5.41, 5.74) is 1.08. The molecular formula is C27H31N5O5S. The molecule has 3 aromatic rings. The molecule has 0 spiro atoms. The summed E-state index contributed by atoms with van der Waals surface area (Å²) in [5.74, 6) is -1.25. The fourth-order valence-electron chi connectivity index (χ4n) is 4.40. The maximum atomic E-state index is 13.2. The van der Waals surface area contributed by atoms with Crippen molar-refractivity contribution in [1.82, 2.24) is 24.9 Å². The highest BCUT2D eigenvalue weighted by Crippen LogP contribution is 2.18. The van der Waals surface area contributed by atoms with Crippen LogP contribution in [0, 0.1) is 5.92 Å². The molecule has 2 N–H and O–H groups in total. The standard InChI is InChI=1S/C27H31N5O5S/c1-18(2)14-23(31-26(34)20-15-19-8-3-4-9-21(19)29-16-20)27(35)30-22-10-7-13-32(17-24(22)33)38(36,37)25-11-5-6-12-28-25/h3-6,8-9,11-12,15-16,18,22-23H,7,10,13-14,17H2,1-2H3,(H,30,35)(H,31,34)/t22?,23-/m0/s1. The molecule has 1 aliphatic rings. The fraction of sp³-hybridized carbons (Fsp3) is 0.370. The third kappa shape index (κ3) is 6.40. The largest absolute Gasteiger partial charge is 0.344 e. The van der Waals surface area contributed by atoms with Gasteiger partial charge in [0.15, 0.2) is 10.8 Å². The number of benzene rings is 1. The van der Waals surface area contributed by atoms with E-state index in [0.717, 1.165) is 15.2 Å². The quantitative estimate of drug-likeness (QED) is 0.450. The predicted molar refractivity (Wildman–Crippen MR) is 142 cm³/mol. The number of fused-ring (bicyclic) bond motifs is 1. The Balaban J connectivity index is 1.44. The van der Waals surface area contributed by atoms with Gasteiger partial charge in [-0.3, -0.25) is 19.4 Å². The number of sulfonamides is 1. The number of carbonyl (C=O) groups excluding carboxylic acids is 3. The fourth-order valence-corrected chi connectivity index (χ4v) is 5.77. The van der Waals surface area contributed by atoms with E-state index >= 15 is 0 Å². The molecule has 10 nitrogen and oxygen atoms in total. The minimum absolute atomic E-state index is 0.0876. The van der Waals surface area contributed by atoms with E-state index in [1.165, 1.54) is 18.5 Å². The average Bonchev–Trinajstić information content (AvgIpc) is 3.09. The molecule has 1 unspecified atom stereocenters. The van der Waals surface area contributed by atoms with E-state index in [1.807, 2.05) is 38.1 Å². The summed E-state index contributed by atoms with van der Waals surface area (Å²) >= 11 is 0. The number of nitrogens with zero attached hydrogens (tertiary/aromatic N) is 3. The molecule has 0 aliphatic carbocycles. The number of Topliss-reactive ketones (excluding diaryl/α,β-unsaturated/α-hetero) is 1. The van der Waals surface area contributed by atoms with Crippen LogP contribution in [0.5, 0.6) is 0 Å². The van der Waals surface area contributed by atoms with Crippen molar-refractivity contribution >= 4 is 38.5 Å². The summed E-state index contributed by atoms with van der Waals surface area (Å²) < 4.78 is 27.0. The first-order chi connectivity index (χ1) is 18.1. The second-order valence-corrected chi connectivity index (χ2v) is 11.6. The van der Waals surface area contributed by atoms with Crippen LogP contribution in [0.4, 0.5) is 0 Å². The summed E-state index contributed by atoms with van der Waals surface area (Å²) in [6, 6.07) is 12.0. The molecule has 2 aromatic heterocycles. The number of hydrogen-bond acceptors (Lipinski definition) is 7. The van der Waals surface area contributed by atoms with Gasteiger partial charge in [0, 0.05) is 24.3 Å². The van der Waals surface area contributed by atoms with Gasteiger partial charge in [-0.1, -0.05) is 38.1 Å². The first-order valence-corrected chi connectivity index (χ1v) is 14.0. The van der Waals surface area contributed by atoms with E-state index in [9.17, 15) is 22.8 Å². The van der Waals surface area contributed by atoms with Crippen LogP contribution in [0.25, 0.3) is 10.9 Å². The molecule has 0 saturated carbocycles. The number of para-hydroxylation sites is 1. The summed E-state index contributed by atoms with van der Waals surface area (Å²) in [6.07, 6.45) is 3.88. The Bertz CT molecular complexity index is 1430. The summed E-state index contributed by atoms with van der Waals surface area (Å²) in [4.78, 5) is 47.5. The normalized spacial score (nSPS) is 17.7. The second-order valence-electron chi connectivity index (χ2n) is 9.75. The number of aromatic nitrogens is 2. The van der Waals surface area contributed by atoms with Gasteiger partial charge in [-0.2, -0.15) is 4.31 Å². The number of hydrogen-bond donors (Lipinski definition) is 2. The zero-order valence-electron chi connectivity index (χ0n) is 21.3. The summed E-state index contributed by atoms with van der Waals surface area (Å²) in [6.45, 7) is 3.63. The number of carbonyl (C=O) groups is 3. The van der Waals surface area contributed by atoms with Crippen molar-refractivity contribution in [3.8, 4) is 0 Å².